The van der Waals surface area contributed by atoms with Crippen LogP contribution in [-0.2, 0) is 11.3 Å². The van der Waals surface area contributed by atoms with Crippen molar-refractivity contribution in [2.75, 3.05) is 0 Å². The van der Waals surface area contributed by atoms with E-state index in [4.69, 9.17) is 0 Å². The van der Waals surface area contributed by atoms with E-state index >= 15 is 0 Å². The van der Waals surface area contributed by atoms with Gasteiger partial charge in [0.25, 0.3) is 0 Å². The van der Waals surface area contributed by atoms with Crippen molar-refractivity contribution in [2.24, 2.45) is 23.2 Å². The van der Waals surface area contributed by atoms with Gasteiger partial charge in [0.1, 0.15) is 0 Å². The lowest BCUT2D eigenvalue weighted by Gasteiger charge is -2.42. The monoisotopic (exact) mass is 368 g/mol. The number of carbonyl (C=O) groups excluding carboxylic acids is 1. The second kappa shape index (κ2) is 7.69. The van der Waals surface area contributed by atoms with Crippen LogP contribution in [0.15, 0.2) is 30.3 Å². The SMILES string of the molecule is Cc1cc2ccccc2n1CC(C)NC(=O)C1CC(C)(C)CCC1C(C)C. The molecule has 1 aliphatic rings. The van der Waals surface area contributed by atoms with Gasteiger partial charge in [-0.1, -0.05) is 45.9 Å². The van der Waals surface area contributed by atoms with E-state index in [1.165, 1.54) is 29.4 Å². The molecular weight excluding hydrogens is 332 g/mol. The van der Waals surface area contributed by atoms with E-state index in [2.05, 4.69) is 81.8 Å². The summed E-state index contributed by atoms with van der Waals surface area (Å²) >= 11 is 0. The van der Waals surface area contributed by atoms with E-state index < -0.39 is 0 Å². The fourth-order valence-electron chi connectivity index (χ4n) is 4.95. The Hall–Kier alpha value is -1.77. The highest BCUT2D eigenvalue weighted by molar-refractivity contribution is 5.81. The lowest BCUT2D eigenvalue weighted by molar-refractivity contribution is -0.131. The third-order valence-corrected chi connectivity index (χ3v) is 6.50. The Morgan fingerprint density at radius 3 is 2.67 bits per heavy atom. The number of nitrogens with one attached hydrogen (secondary N) is 1. The fraction of sp³-hybridized carbons (Fsp3) is 0.625. The van der Waals surface area contributed by atoms with Crippen molar-refractivity contribution in [3.8, 4) is 0 Å². The molecule has 1 aromatic carbocycles. The molecule has 2 aromatic rings. The van der Waals surface area contributed by atoms with Gasteiger partial charge in [0, 0.05) is 29.7 Å². The Morgan fingerprint density at radius 2 is 1.96 bits per heavy atom. The molecule has 3 unspecified atom stereocenters. The minimum Gasteiger partial charge on any atom is -0.352 e. The number of amides is 1. The normalized spacial score (nSPS) is 23.5. The largest absolute Gasteiger partial charge is 0.352 e. The standard InChI is InChI=1S/C24H36N2O/c1-16(2)20-11-12-24(5,6)14-21(20)23(27)25-17(3)15-26-18(4)13-19-9-7-8-10-22(19)26/h7-10,13,16-17,20-21H,11-12,14-15H2,1-6H3,(H,25,27). The van der Waals surface area contributed by atoms with E-state index in [0.29, 0.717) is 11.8 Å². The third kappa shape index (κ3) is 4.39. The molecule has 0 spiro atoms. The summed E-state index contributed by atoms with van der Waals surface area (Å²) in [5.74, 6) is 1.45. The van der Waals surface area contributed by atoms with Crippen LogP contribution in [-0.4, -0.2) is 16.5 Å². The molecule has 1 aromatic heterocycles. The third-order valence-electron chi connectivity index (χ3n) is 6.50. The van der Waals surface area contributed by atoms with Crippen molar-refractivity contribution in [3.05, 3.63) is 36.0 Å². The summed E-state index contributed by atoms with van der Waals surface area (Å²) in [5, 5.41) is 4.61. The van der Waals surface area contributed by atoms with Crippen LogP contribution < -0.4 is 5.32 Å². The number of rotatable bonds is 5. The number of aryl methyl sites for hydroxylation is 1. The van der Waals surface area contributed by atoms with Gasteiger partial charge in [-0.25, -0.2) is 0 Å². The van der Waals surface area contributed by atoms with Crippen LogP contribution in [0.4, 0.5) is 0 Å². The van der Waals surface area contributed by atoms with Crippen LogP contribution in [0.25, 0.3) is 10.9 Å². The number of fused-ring (bicyclic) bond motifs is 1. The molecule has 1 saturated carbocycles. The van der Waals surface area contributed by atoms with Crippen molar-refractivity contribution in [1.82, 2.24) is 9.88 Å². The molecule has 3 nitrogen and oxygen atoms in total. The summed E-state index contributed by atoms with van der Waals surface area (Å²) in [4.78, 5) is 13.2. The zero-order valence-electron chi connectivity index (χ0n) is 17.9. The van der Waals surface area contributed by atoms with Crippen molar-refractivity contribution in [1.29, 1.82) is 0 Å². The molecule has 0 saturated heterocycles. The number of aromatic nitrogens is 1. The molecule has 1 aliphatic carbocycles. The first kappa shape index (κ1) is 20.0. The average Bonchev–Trinajstić information content (AvgIpc) is 2.89. The molecule has 1 fully saturated rings. The summed E-state index contributed by atoms with van der Waals surface area (Å²) in [6.07, 6.45) is 3.39. The first-order valence-electron chi connectivity index (χ1n) is 10.5. The Balaban J connectivity index is 1.71. The molecule has 1 N–H and O–H groups in total. The molecule has 1 amide bonds. The van der Waals surface area contributed by atoms with Crippen molar-refractivity contribution < 1.29 is 4.79 Å². The molecule has 27 heavy (non-hydrogen) atoms. The quantitative estimate of drug-likeness (QED) is 0.737. The zero-order valence-corrected chi connectivity index (χ0v) is 17.9. The smallest absolute Gasteiger partial charge is 0.223 e. The molecule has 148 valence electrons. The van der Waals surface area contributed by atoms with Crippen molar-refractivity contribution in [2.45, 2.75) is 73.4 Å². The number of carbonyl (C=O) groups is 1. The van der Waals surface area contributed by atoms with Gasteiger partial charge in [-0.15, -0.1) is 0 Å². The first-order chi connectivity index (χ1) is 12.7. The van der Waals surface area contributed by atoms with Gasteiger partial charge in [0.05, 0.1) is 0 Å². The van der Waals surface area contributed by atoms with Crippen molar-refractivity contribution >= 4 is 16.8 Å². The second-order valence-corrected chi connectivity index (χ2v) is 9.79. The van der Waals surface area contributed by atoms with E-state index in [0.717, 1.165) is 13.0 Å². The van der Waals surface area contributed by atoms with E-state index in [9.17, 15) is 4.79 Å². The fourth-order valence-corrected chi connectivity index (χ4v) is 4.95. The Morgan fingerprint density at radius 1 is 1.26 bits per heavy atom. The van der Waals surface area contributed by atoms with E-state index in [-0.39, 0.29) is 23.3 Å². The van der Waals surface area contributed by atoms with E-state index in [1.807, 2.05) is 0 Å². The van der Waals surface area contributed by atoms with Crippen LogP contribution in [0.3, 0.4) is 0 Å². The summed E-state index contributed by atoms with van der Waals surface area (Å²) in [6.45, 7) is 14.2. The topological polar surface area (TPSA) is 34.0 Å². The molecule has 3 atom stereocenters. The maximum absolute atomic E-state index is 13.2. The molecule has 1 heterocycles. The lowest BCUT2D eigenvalue weighted by Crippen LogP contribution is -2.46. The number of benzene rings is 1. The molecule has 0 aliphatic heterocycles. The Labute approximate surface area is 164 Å². The minimum absolute atomic E-state index is 0.116. The molecular formula is C24H36N2O. The van der Waals surface area contributed by atoms with E-state index in [1.54, 1.807) is 0 Å². The highest BCUT2D eigenvalue weighted by Crippen LogP contribution is 2.44. The first-order valence-corrected chi connectivity index (χ1v) is 10.5. The number of hydrogen-bond donors (Lipinski definition) is 1. The summed E-state index contributed by atoms with van der Waals surface area (Å²) in [6, 6.07) is 10.8. The second-order valence-electron chi connectivity index (χ2n) is 9.79. The van der Waals surface area contributed by atoms with Gasteiger partial charge in [-0.05, 0) is 67.9 Å². The van der Waals surface area contributed by atoms with Crippen LogP contribution >= 0.6 is 0 Å². The highest BCUT2D eigenvalue weighted by atomic mass is 16.2. The van der Waals surface area contributed by atoms with Crippen LogP contribution in [0.1, 0.15) is 59.6 Å². The minimum atomic E-state index is 0.116. The number of nitrogens with zero attached hydrogens (tertiary/aromatic N) is 1. The highest BCUT2D eigenvalue weighted by Gasteiger charge is 2.40. The van der Waals surface area contributed by atoms with Gasteiger partial charge in [-0.3, -0.25) is 4.79 Å². The van der Waals surface area contributed by atoms with Gasteiger partial charge in [-0.2, -0.15) is 0 Å². The maximum atomic E-state index is 13.2. The summed E-state index contributed by atoms with van der Waals surface area (Å²) < 4.78 is 2.32. The summed E-state index contributed by atoms with van der Waals surface area (Å²) in [7, 11) is 0. The molecule has 0 radical (unpaired) electrons. The Kier molecular flexibility index (Phi) is 5.69. The molecule has 3 rings (SSSR count). The van der Waals surface area contributed by atoms with Gasteiger partial charge in [0.2, 0.25) is 5.91 Å². The number of para-hydroxylation sites is 1. The van der Waals surface area contributed by atoms with Crippen LogP contribution in [0.2, 0.25) is 0 Å². The average molecular weight is 369 g/mol. The van der Waals surface area contributed by atoms with Crippen LogP contribution in [0.5, 0.6) is 0 Å². The predicted octanol–water partition coefficient (Wildman–Crippen LogP) is 5.55. The Bertz CT molecular complexity index is 802. The summed E-state index contributed by atoms with van der Waals surface area (Å²) in [5.41, 5.74) is 2.76. The van der Waals surface area contributed by atoms with Gasteiger partial charge >= 0.3 is 0 Å². The maximum Gasteiger partial charge on any atom is 0.223 e. The molecule has 3 heteroatoms. The molecule has 0 bridgehead atoms. The predicted molar refractivity (Wildman–Crippen MR) is 114 cm³/mol. The van der Waals surface area contributed by atoms with Gasteiger partial charge in [0.15, 0.2) is 0 Å². The van der Waals surface area contributed by atoms with Crippen molar-refractivity contribution in [3.63, 3.8) is 0 Å². The number of hydrogen-bond acceptors (Lipinski definition) is 1. The van der Waals surface area contributed by atoms with Gasteiger partial charge < -0.3 is 9.88 Å². The van der Waals surface area contributed by atoms with Crippen LogP contribution in [0, 0.1) is 30.1 Å². The zero-order chi connectivity index (χ0) is 19.8. The lowest BCUT2D eigenvalue weighted by atomic mass is 9.64.